The first-order valence-electron chi connectivity index (χ1n) is 5.52. The zero-order chi connectivity index (χ0) is 11.1. The van der Waals surface area contributed by atoms with Crippen molar-refractivity contribution in [2.24, 2.45) is 4.99 Å². The molecule has 0 unspecified atom stereocenters. The molecular formula is C13H17NO. The van der Waals surface area contributed by atoms with E-state index in [9.17, 15) is 4.79 Å². The molecular weight excluding hydrogens is 186 g/mol. The number of hydrogen-bond acceptors (Lipinski definition) is 2. The molecule has 2 nitrogen and oxygen atoms in total. The summed E-state index contributed by atoms with van der Waals surface area (Å²) in [6.45, 7) is 4.29. The van der Waals surface area contributed by atoms with Crippen LogP contribution in [0.4, 0.5) is 5.69 Å². The maximum absolute atomic E-state index is 10.3. The number of aryl methyl sites for hydroxylation is 1. The average molecular weight is 203 g/mol. The third-order valence-electron chi connectivity index (χ3n) is 2.43. The molecule has 1 aromatic carbocycles. The van der Waals surface area contributed by atoms with Crippen LogP contribution in [-0.2, 0) is 17.6 Å². The molecule has 0 saturated carbocycles. The van der Waals surface area contributed by atoms with E-state index in [1.165, 1.54) is 11.1 Å². The summed E-state index contributed by atoms with van der Waals surface area (Å²) < 4.78 is 0. The summed E-state index contributed by atoms with van der Waals surface area (Å²) in [5, 5.41) is 0. The van der Waals surface area contributed by atoms with Gasteiger partial charge >= 0.3 is 0 Å². The molecule has 80 valence electrons. The van der Waals surface area contributed by atoms with Crippen molar-refractivity contribution in [1.82, 2.24) is 0 Å². The number of nitrogens with zero attached hydrogens (tertiary/aromatic N) is 1. The quantitative estimate of drug-likeness (QED) is 0.531. The molecule has 1 aromatic rings. The van der Waals surface area contributed by atoms with Gasteiger partial charge in [0.15, 0.2) is 0 Å². The topological polar surface area (TPSA) is 29.4 Å². The molecule has 0 fully saturated rings. The SMILES string of the molecule is CCCc1cccc(N=C=O)c1CCC. The standard InChI is InChI=1S/C13H17NO/c1-3-6-11-8-5-9-13(14-10-15)12(11)7-4-2/h5,8-9H,3-4,6-7H2,1-2H3. The second-order valence-corrected chi connectivity index (χ2v) is 3.62. The van der Waals surface area contributed by atoms with Gasteiger partial charge in [-0.15, -0.1) is 0 Å². The van der Waals surface area contributed by atoms with E-state index in [1.807, 2.05) is 12.1 Å². The van der Waals surface area contributed by atoms with Crippen LogP contribution in [0.15, 0.2) is 23.2 Å². The first-order chi connectivity index (χ1) is 7.33. The van der Waals surface area contributed by atoms with E-state index >= 15 is 0 Å². The fourth-order valence-corrected chi connectivity index (χ4v) is 1.82. The van der Waals surface area contributed by atoms with Crippen LogP contribution in [0.2, 0.25) is 0 Å². The van der Waals surface area contributed by atoms with Gasteiger partial charge < -0.3 is 0 Å². The Hall–Kier alpha value is -1.40. The van der Waals surface area contributed by atoms with Crippen molar-refractivity contribution in [3.63, 3.8) is 0 Å². The predicted molar refractivity (Wildman–Crippen MR) is 62.2 cm³/mol. The van der Waals surface area contributed by atoms with Crippen molar-refractivity contribution in [3.8, 4) is 0 Å². The number of carbonyl (C=O) groups excluding carboxylic acids is 1. The van der Waals surface area contributed by atoms with Gasteiger partial charge in [0.25, 0.3) is 0 Å². The molecule has 0 heterocycles. The highest BCUT2D eigenvalue weighted by Gasteiger charge is 2.06. The van der Waals surface area contributed by atoms with E-state index in [-0.39, 0.29) is 0 Å². The molecule has 15 heavy (non-hydrogen) atoms. The van der Waals surface area contributed by atoms with Crippen LogP contribution in [0, 0.1) is 0 Å². The van der Waals surface area contributed by atoms with E-state index in [0.717, 1.165) is 31.4 Å². The van der Waals surface area contributed by atoms with Gasteiger partial charge in [0.2, 0.25) is 6.08 Å². The van der Waals surface area contributed by atoms with Gasteiger partial charge in [0, 0.05) is 0 Å². The van der Waals surface area contributed by atoms with E-state index in [0.29, 0.717) is 0 Å². The summed E-state index contributed by atoms with van der Waals surface area (Å²) in [7, 11) is 0. The molecule has 0 atom stereocenters. The van der Waals surface area contributed by atoms with Gasteiger partial charge in [-0.2, -0.15) is 4.99 Å². The Morgan fingerprint density at radius 2 is 1.93 bits per heavy atom. The van der Waals surface area contributed by atoms with Crippen molar-refractivity contribution < 1.29 is 4.79 Å². The highest BCUT2D eigenvalue weighted by Crippen LogP contribution is 2.25. The maximum atomic E-state index is 10.3. The Morgan fingerprint density at radius 1 is 1.20 bits per heavy atom. The summed E-state index contributed by atoms with van der Waals surface area (Å²) in [5.41, 5.74) is 3.32. The van der Waals surface area contributed by atoms with E-state index in [1.54, 1.807) is 6.08 Å². The predicted octanol–water partition coefficient (Wildman–Crippen LogP) is 3.56. The minimum Gasteiger partial charge on any atom is -0.211 e. The van der Waals surface area contributed by atoms with Gasteiger partial charge in [0.05, 0.1) is 5.69 Å². The van der Waals surface area contributed by atoms with Crippen LogP contribution >= 0.6 is 0 Å². The lowest BCUT2D eigenvalue weighted by atomic mass is 9.98. The zero-order valence-electron chi connectivity index (χ0n) is 9.42. The molecule has 2 heteroatoms. The van der Waals surface area contributed by atoms with Crippen LogP contribution in [0.3, 0.4) is 0 Å². The summed E-state index contributed by atoms with van der Waals surface area (Å²) in [4.78, 5) is 14.1. The molecule has 0 aliphatic rings. The summed E-state index contributed by atoms with van der Waals surface area (Å²) in [6.07, 6.45) is 5.85. The van der Waals surface area contributed by atoms with Crippen molar-refractivity contribution in [3.05, 3.63) is 29.3 Å². The first kappa shape index (κ1) is 11.7. The molecule has 0 N–H and O–H groups in total. The largest absolute Gasteiger partial charge is 0.240 e. The molecule has 0 spiro atoms. The lowest BCUT2D eigenvalue weighted by Gasteiger charge is -2.09. The molecule has 1 rings (SSSR count). The highest BCUT2D eigenvalue weighted by atomic mass is 16.1. The Balaban J connectivity index is 3.14. The first-order valence-corrected chi connectivity index (χ1v) is 5.52. The van der Waals surface area contributed by atoms with Gasteiger partial charge in [-0.05, 0) is 30.0 Å². The zero-order valence-corrected chi connectivity index (χ0v) is 9.42. The number of isocyanates is 1. The maximum Gasteiger partial charge on any atom is 0.240 e. The summed E-state index contributed by atoms with van der Waals surface area (Å²) in [6, 6.07) is 5.97. The minimum absolute atomic E-state index is 0.790. The number of aliphatic imine (C=N–C) groups is 1. The summed E-state index contributed by atoms with van der Waals surface area (Å²) in [5.74, 6) is 0. The molecule has 0 bridgehead atoms. The summed E-state index contributed by atoms with van der Waals surface area (Å²) >= 11 is 0. The van der Waals surface area contributed by atoms with Gasteiger partial charge in [-0.1, -0.05) is 38.8 Å². The molecule has 0 aromatic heterocycles. The van der Waals surface area contributed by atoms with Gasteiger partial charge in [-0.3, -0.25) is 0 Å². The van der Waals surface area contributed by atoms with Crippen LogP contribution in [0.1, 0.15) is 37.8 Å². The smallest absolute Gasteiger partial charge is 0.211 e. The van der Waals surface area contributed by atoms with Crippen molar-refractivity contribution in [1.29, 1.82) is 0 Å². The van der Waals surface area contributed by atoms with Crippen LogP contribution in [-0.4, -0.2) is 6.08 Å². The fraction of sp³-hybridized carbons (Fsp3) is 0.462. The van der Waals surface area contributed by atoms with Gasteiger partial charge in [0.1, 0.15) is 0 Å². The average Bonchev–Trinajstić information content (AvgIpc) is 2.23. The molecule has 0 aliphatic carbocycles. The van der Waals surface area contributed by atoms with Crippen LogP contribution < -0.4 is 0 Å². The number of rotatable bonds is 5. The number of benzene rings is 1. The van der Waals surface area contributed by atoms with Crippen molar-refractivity contribution >= 4 is 11.8 Å². The Bertz CT molecular complexity index is 365. The molecule has 0 radical (unpaired) electrons. The Labute approximate surface area is 91.0 Å². The number of hydrogen-bond donors (Lipinski definition) is 0. The van der Waals surface area contributed by atoms with Crippen molar-refractivity contribution in [2.45, 2.75) is 39.5 Å². The third-order valence-corrected chi connectivity index (χ3v) is 2.43. The normalized spacial score (nSPS) is 9.73. The molecule has 0 aliphatic heterocycles. The Kier molecular flexibility index (Phi) is 4.79. The van der Waals surface area contributed by atoms with E-state index < -0.39 is 0 Å². The Morgan fingerprint density at radius 3 is 2.53 bits per heavy atom. The second kappa shape index (κ2) is 6.15. The molecule has 0 amide bonds. The monoisotopic (exact) mass is 203 g/mol. The fourth-order valence-electron chi connectivity index (χ4n) is 1.82. The minimum atomic E-state index is 0.790. The van der Waals surface area contributed by atoms with E-state index in [2.05, 4.69) is 24.9 Å². The third kappa shape index (κ3) is 3.03. The lowest BCUT2D eigenvalue weighted by Crippen LogP contribution is -1.94. The van der Waals surface area contributed by atoms with E-state index in [4.69, 9.17) is 0 Å². The molecule has 0 saturated heterocycles. The second-order valence-electron chi connectivity index (χ2n) is 3.62. The van der Waals surface area contributed by atoms with Crippen LogP contribution in [0.25, 0.3) is 0 Å². The van der Waals surface area contributed by atoms with Crippen LogP contribution in [0.5, 0.6) is 0 Å². The highest BCUT2D eigenvalue weighted by molar-refractivity contribution is 5.56. The van der Waals surface area contributed by atoms with Gasteiger partial charge in [-0.25, -0.2) is 4.79 Å². The van der Waals surface area contributed by atoms with Crippen molar-refractivity contribution in [2.75, 3.05) is 0 Å². The lowest BCUT2D eigenvalue weighted by molar-refractivity contribution is 0.565.